The minimum absolute atomic E-state index is 0.0331. The van der Waals surface area contributed by atoms with Crippen LogP contribution in [-0.4, -0.2) is 23.9 Å². The van der Waals surface area contributed by atoms with E-state index in [1.807, 2.05) is 6.92 Å². The first-order chi connectivity index (χ1) is 10.8. The zero-order chi connectivity index (χ0) is 17.2. The molecule has 0 aromatic heterocycles. The number of ether oxygens (including phenoxy) is 1. The van der Waals surface area contributed by atoms with E-state index in [2.05, 4.69) is 5.32 Å². The molecule has 0 aliphatic heterocycles. The van der Waals surface area contributed by atoms with Crippen molar-refractivity contribution in [3.63, 3.8) is 0 Å². The molecule has 0 bridgehead atoms. The van der Waals surface area contributed by atoms with Gasteiger partial charge in [0.15, 0.2) is 0 Å². The topological polar surface area (TPSA) is 55.4 Å². The van der Waals surface area contributed by atoms with Crippen molar-refractivity contribution in [1.82, 2.24) is 5.32 Å². The van der Waals surface area contributed by atoms with E-state index >= 15 is 0 Å². The summed E-state index contributed by atoms with van der Waals surface area (Å²) in [5, 5.41) is 2.79. The molecule has 0 spiro atoms. The highest BCUT2D eigenvalue weighted by Crippen LogP contribution is 2.34. The van der Waals surface area contributed by atoms with Gasteiger partial charge in [-0.15, -0.1) is 0 Å². The van der Waals surface area contributed by atoms with Crippen LogP contribution in [0.2, 0.25) is 10.0 Å². The van der Waals surface area contributed by atoms with Gasteiger partial charge in [-0.3, -0.25) is 4.79 Å². The highest BCUT2D eigenvalue weighted by Gasteiger charge is 2.37. The smallest absolute Gasteiger partial charge is 0.343 e. The number of Topliss-reactive ketones (excluding diaryl/α,β-unsaturated/α-hetero) is 1. The lowest BCUT2D eigenvalue weighted by atomic mass is 10.0. The Labute approximate surface area is 143 Å². The molecule has 0 heterocycles. The van der Waals surface area contributed by atoms with Crippen LogP contribution in [0.25, 0.3) is 0 Å². The Balaban J connectivity index is 2.36. The molecule has 1 aromatic carbocycles. The monoisotopic (exact) mass is 359 g/mol. The van der Waals surface area contributed by atoms with E-state index in [0.29, 0.717) is 0 Å². The number of hydrogen-bond donors (Lipinski definition) is 1. The molecule has 0 atom stereocenters. The van der Waals surface area contributed by atoms with Gasteiger partial charge in [-0.25, -0.2) is 9.18 Å². The van der Waals surface area contributed by atoms with Gasteiger partial charge in [0.1, 0.15) is 11.4 Å². The maximum Gasteiger partial charge on any atom is 0.343 e. The Morgan fingerprint density at radius 1 is 1.35 bits per heavy atom. The van der Waals surface area contributed by atoms with Gasteiger partial charge < -0.3 is 10.1 Å². The summed E-state index contributed by atoms with van der Waals surface area (Å²) in [4.78, 5) is 24.6. The second-order valence-electron chi connectivity index (χ2n) is 5.56. The Morgan fingerprint density at radius 3 is 2.57 bits per heavy atom. The van der Waals surface area contributed by atoms with Crippen molar-refractivity contribution in [2.24, 2.45) is 0 Å². The fourth-order valence-electron chi connectivity index (χ4n) is 1.85. The van der Waals surface area contributed by atoms with E-state index in [1.54, 1.807) is 6.92 Å². The molecule has 0 saturated heterocycles. The lowest BCUT2D eigenvalue weighted by Gasteiger charge is -2.12. The van der Waals surface area contributed by atoms with Crippen LogP contribution < -0.4 is 5.32 Å². The number of ketones is 1. The average Bonchev–Trinajstić information content (AvgIpc) is 3.21. The summed E-state index contributed by atoms with van der Waals surface area (Å²) in [6, 6.07) is 2.04. The van der Waals surface area contributed by atoms with Crippen molar-refractivity contribution in [2.75, 3.05) is 6.61 Å². The molecule has 4 nitrogen and oxygen atoms in total. The number of benzene rings is 1. The van der Waals surface area contributed by atoms with E-state index < -0.39 is 17.6 Å². The van der Waals surface area contributed by atoms with Crippen LogP contribution in [0.5, 0.6) is 0 Å². The Hall–Kier alpha value is -1.59. The van der Waals surface area contributed by atoms with Crippen molar-refractivity contribution in [3.05, 3.63) is 45.3 Å². The number of halogens is 3. The summed E-state index contributed by atoms with van der Waals surface area (Å²) in [7, 11) is 0. The van der Waals surface area contributed by atoms with E-state index in [-0.39, 0.29) is 33.3 Å². The molecule has 124 valence electrons. The van der Waals surface area contributed by atoms with Gasteiger partial charge in [0.05, 0.1) is 16.7 Å². The Morgan fingerprint density at radius 2 is 2.00 bits per heavy atom. The lowest BCUT2D eigenvalue weighted by Crippen LogP contribution is -2.26. The number of carbonyl (C=O) groups is 2. The fourth-order valence-corrected chi connectivity index (χ4v) is 2.31. The van der Waals surface area contributed by atoms with Crippen molar-refractivity contribution >= 4 is 35.0 Å². The zero-order valence-electron chi connectivity index (χ0n) is 12.7. The second-order valence-corrected chi connectivity index (χ2v) is 6.37. The zero-order valence-corrected chi connectivity index (χ0v) is 14.2. The highest BCUT2D eigenvalue weighted by molar-refractivity contribution is 6.39. The van der Waals surface area contributed by atoms with Gasteiger partial charge in [-0.1, -0.05) is 23.2 Å². The Kier molecular flexibility index (Phi) is 5.32. The van der Waals surface area contributed by atoms with Crippen molar-refractivity contribution in [2.45, 2.75) is 32.2 Å². The molecule has 2 rings (SSSR count). The normalized spacial score (nSPS) is 16.0. The minimum Gasteiger partial charge on any atom is -0.462 e. The van der Waals surface area contributed by atoms with Gasteiger partial charge in [-0.05, 0) is 38.8 Å². The molecule has 1 saturated carbocycles. The average molecular weight is 360 g/mol. The molecule has 23 heavy (non-hydrogen) atoms. The molecule has 0 unspecified atom stereocenters. The number of rotatable bonds is 6. The van der Waals surface area contributed by atoms with Gasteiger partial charge >= 0.3 is 5.97 Å². The molecule has 1 N–H and O–H groups in total. The van der Waals surface area contributed by atoms with Crippen LogP contribution in [0.4, 0.5) is 4.39 Å². The SMILES string of the molecule is CCOC(=O)/C(=C\NC1(C)CC1)C(=O)c1cc(F)c(Cl)cc1Cl. The number of esters is 1. The molecule has 1 fully saturated rings. The maximum atomic E-state index is 13.6. The van der Waals surface area contributed by atoms with E-state index in [0.717, 1.165) is 25.0 Å². The third-order valence-corrected chi connectivity index (χ3v) is 4.16. The van der Waals surface area contributed by atoms with Gasteiger partial charge in [0.2, 0.25) is 5.78 Å². The van der Waals surface area contributed by atoms with Crippen molar-refractivity contribution in [1.29, 1.82) is 0 Å². The van der Waals surface area contributed by atoms with Crippen LogP contribution in [-0.2, 0) is 9.53 Å². The first-order valence-corrected chi connectivity index (χ1v) is 7.87. The molecule has 0 amide bonds. The first kappa shape index (κ1) is 17.8. The molecule has 1 aliphatic carbocycles. The van der Waals surface area contributed by atoms with Gasteiger partial charge in [-0.2, -0.15) is 0 Å². The molecular weight excluding hydrogens is 344 g/mol. The summed E-state index contributed by atoms with van der Waals surface area (Å²) in [5.74, 6) is -2.30. The van der Waals surface area contributed by atoms with Crippen LogP contribution in [0.1, 0.15) is 37.0 Å². The lowest BCUT2D eigenvalue weighted by molar-refractivity contribution is -0.138. The molecular formula is C16H16Cl2FNO3. The van der Waals surface area contributed by atoms with Crippen molar-refractivity contribution < 1.29 is 18.7 Å². The molecule has 1 aliphatic rings. The number of hydrogen-bond acceptors (Lipinski definition) is 4. The first-order valence-electron chi connectivity index (χ1n) is 7.11. The predicted octanol–water partition coefficient (Wildman–Crippen LogP) is 3.90. The molecule has 1 aromatic rings. The van der Waals surface area contributed by atoms with Crippen LogP contribution in [0, 0.1) is 5.82 Å². The molecule has 0 radical (unpaired) electrons. The third kappa shape index (κ3) is 4.24. The quantitative estimate of drug-likeness (QED) is 0.209. The second kappa shape index (κ2) is 6.89. The van der Waals surface area contributed by atoms with Crippen LogP contribution in [0.15, 0.2) is 23.9 Å². The number of nitrogens with one attached hydrogen (secondary N) is 1. The fraction of sp³-hybridized carbons (Fsp3) is 0.375. The maximum absolute atomic E-state index is 13.6. The highest BCUT2D eigenvalue weighted by atomic mass is 35.5. The summed E-state index contributed by atoms with van der Waals surface area (Å²) < 4.78 is 18.5. The summed E-state index contributed by atoms with van der Waals surface area (Å²) >= 11 is 11.6. The van der Waals surface area contributed by atoms with E-state index in [4.69, 9.17) is 27.9 Å². The standard InChI is InChI=1S/C16H16Cl2FNO3/c1-3-23-15(22)10(8-20-16(2)4-5-16)14(21)9-6-13(19)12(18)7-11(9)17/h6-8,20H,3-5H2,1-2H3/b10-8-. The van der Waals surface area contributed by atoms with Crippen LogP contribution in [0.3, 0.4) is 0 Å². The third-order valence-electron chi connectivity index (χ3n) is 3.56. The summed E-state index contributed by atoms with van der Waals surface area (Å²) in [6.45, 7) is 3.71. The molecule has 7 heteroatoms. The summed E-state index contributed by atoms with van der Waals surface area (Å²) in [5.41, 5.74) is -0.508. The Bertz CT molecular complexity index is 684. The van der Waals surface area contributed by atoms with Crippen molar-refractivity contribution in [3.8, 4) is 0 Å². The summed E-state index contributed by atoms with van der Waals surface area (Å²) in [6.07, 6.45) is 3.18. The predicted molar refractivity (Wildman–Crippen MR) is 86.2 cm³/mol. The van der Waals surface area contributed by atoms with Gasteiger partial charge in [0, 0.05) is 17.3 Å². The van der Waals surface area contributed by atoms with E-state index in [9.17, 15) is 14.0 Å². The largest absolute Gasteiger partial charge is 0.462 e. The van der Waals surface area contributed by atoms with E-state index in [1.165, 1.54) is 6.20 Å². The minimum atomic E-state index is -0.791. The van der Waals surface area contributed by atoms with Crippen LogP contribution >= 0.6 is 23.2 Å². The number of carbonyl (C=O) groups excluding carboxylic acids is 2. The van der Waals surface area contributed by atoms with Gasteiger partial charge in [0.25, 0.3) is 0 Å².